The van der Waals surface area contributed by atoms with Gasteiger partial charge in [0.05, 0.1) is 10.6 Å². The fourth-order valence-corrected chi connectivity index (χ4v) is 4.74. The van der Waals surface area contributed by atoms with Crippen LogP contribution in [-0.4, -0.2) is 10.9 Å². The van der Waals surface area contributed by atoms with Crippen molar-refractivity contribution in [3.05, 3.63) is 69.3 Å². The molecular formula is C19H13BrF2N2OS. The summed E-state index contributed by atoms with van der Waals surface area (Å²) in [6.45, 7) is 0. The lowest BCUT2D eigenvalue weighted by Gasteiger charge is -2.07. The summed E-state index contributed by atoms with van der Waals surface area (Å²) in [7, 11) is 0. The van der Waals surface area contributed by atoms with Crippen LogP contribution in [0.3, 0.4) is 0 Å². The van der Waals surface area contributed by atoms with Crippen LogP contribution >= 0.6 is 27.3 Å². The van der Waals surface area contributed by atoms with Gasteiger partial charge in [-0.25, -0.2) is 13.8 Å². The second-order valence-electron chi connectivity index (χ2n) is 5.97. The molecule has 2 aromatic carbocycles. The number of aryl methyl sites for hydroxylation is 1. The number of nitrogens with zero attached hydrogens (tertiary/aromatic N) is 1. The van der Waals surface area contributed by atoms with Crippen molar-refractivity contribution in [3.63, 3.8) is 0 Å². The van der Waals surface area contributed by atoms with Crippen molar-refractivity contribution in [2.45, 2.75) is 19.3 Å². The van der Waals surface area contributed by atoms with Gasteiger partial charge in [-0.3, -0.25) is 10.1 Å². The van der Waals surface area contributed by atoms with Gasteiger partial charge in [0.1, 0.15) is 17.2 Å². The van der Waals surface area contributed by atoms with Crippen LogP contribution in [0.1, 0.15) is 28.0 Å². The summed E-state index contributed by atoms with van der Waals surface area (Å²) in [6.07, 6.45) is 2.68. The largest absolute Gasteiger partial charge is 0.298 e. The van der Waals surface area contributed by atoms with Crippen LogP contribution in [-0.2, 0) is 12.8 Å². The van der Waals surface area contributed by atoms with Crippen LogP contribution in [0.25, 0.3) is 10.4 Å². The van der Waals surface area contributed by atoms with E-state index >= 15 is 0 Å². The Labute approximate surface area is 161 Å². The number of benzene rings is 2. The number of carbonyl (C=O) groups is 1. The molecule has 1 heterocycles. The first-order chi connectivity index (χ1) is 12.5. The second-order valence-corrected chi connectivity index (χ2v) is 7.82. The third-order valence-electron chi connectivity index (χ3n) is 4.31. The molecule has 1 aromatic heterocycles. The number of nitrogens with one attached hydrogen (secondary N) is 1. The average Bonchev–Trinajstić information content (AvgIpc) is 2.90. The Morgan fingerprint density at radius 1 is 1.12 bits per heavy atom. The van der Waals surface area contributed by atoms with E-state index in [-0.39, 0.29) is 0 Å². The number of hydrogen-bond donors (Lipinski definition) is 1. The molecule has 7 heteroatoms. The fourth-order valence-electron chi connectivity index (χ4n) is 3.12. The predicted molar refractivity (Wildman–Crippen MR) is 102 cm³/mol. The number of anilines is 1. The summed E-state index contributed by atoms with van der Waals surface area (Å²) < 4.78 is 28.7. The zero-order valence-corrected chi connectivity index (χ0v) is 15.9. The zero-order chi connectivity index (χ0) is 18.3. The maximum atomic E-state index is 13.8. The molecular weight excluding hydrogens is 422 g/mol. The van der Waals surface area contributed by atoms with Gasteiger partial charge in [-0.05, 0) is 48.6 Å². The minimum absolute atomic E-state index is 0.343. The van der Waals surface area contributed by atoms with Crippen LogP contribution in [0.2, 0.25) is 0 Å². The number of carbonyl (C=O) groups excluding carboxylic acids is 1. The first kappa shape index (κ1) is 17.3. The van der Waals surface area contributed by atoms with E-state index in [0.717, 1.165) is 52.0 Å². The molecule has 0 aliphatic heterocycles. The van der Waals surface area contributed by atoms with E-state index in [1.165, 1.54) is 23.0 Å². The Bertz CT molecular complexity index is 999. The highest BCUT2D eigenvalue weighted by molar-refractivity contribution is 9.10. The molecule has 0 unspecified atom stereocenters. The highest BCUT2D eigenvalue weighted by atomic mass is 79.9. The van der Waals surface area contributed by atoms with E-state index in [2.05, 4.69) is 26.2 Å². The lowest BCUT2D eigenvalue weighted by atomic mass is 10.0. The van der Waals surface area contributed by atoms with Crippen LogP contribution in [0.5, 0.6) is 0 Å². The summed E-state index contributed by atoms with van der Waals surface area (Å²) in [4.78, 5) is 17.8. The lowest BCUT2D eigenvalue weighted by Crippen LogP contribution is -2.15. The van der Waals surface area contributed by atoms with Gasteiger partial charge in [-0.1, -0.05) is 45.5 Å². The molecule has 132 valence electrons. The second kappa shape index (κ2) is 6.89. The number of fused-ring (bicyclic) bond motifs is 3. The summed E-state index contributed by atoms with van der Waals surface area (Å²) >= 11 is 4.92. The van der Waals surface area contributed by atoms with Gasteiger partial charge >= 0.3 is 0 Å². The van der Waals surface area contributed by atoms with Crippen LogP contribution in [0.4, 0.5) is 13.9 Å². The monoisotopic (exact) mass is 434 g/mol. The third kappa shape index (κ3) is 3.05. The summed E-state index contributed by atoms with van der Waals surface area (Å²) in [6, 6.07) is 9.34. The number of rotatable bonds is 2. The van der Waals surface area contributed by atoms with Crippen molar-refractivity contribution in [2.24, 2.45) is 0 Å². The molecule has 3 aromatic rings. The van der Waals surface area contributed by atoms with Gasteiger partial charge < -0.3 is 0 Å². The predicted octanol–water partition coefficient (Wildman–Crippen LogP) is 5.59. The van der Waals surface area contributed by atoms with Gasteiger partial charge in [0, 0.05) is 4.47 Å². The SMILES string of the molecule is O=C(Nc1nc2c(s1)-c1cccc(Br)c1CCC2)c1c(F)cccc1F. The van der Waals surface area contributed by atoms with Gasteiger partial charge in [0.15, 0.2) is 5.13 Å². The van der Waals surface area contributed by atoms with Crippen molar-refractivity contribution in [2.75, 3.05) is 5.32 Å². The smallest absolute Gasteiger partial charge is 0.263 e. The minimum Gasteiger partial charge on any atom is -0.298 e. The molecule has 26 heavy (non-hydrogen) atoms. The minimum atomic E-state index is -0.894. The standard InChI is InChI=1S/C19H13BrF2N2OS/c20-12-6-1-5-11-10(12)4-2-9-15-17(11)26-19(23-15)24-18(25)16-13(21)7-3-8-14(16)22/h1,3,5-8H,2,4,9H2,(H,23,24,25). The molecule has 4 rings (SSSR count). The van der Waals surface area contributed by atoms with Crippen molar-refractivity contribution < 1.29 is 13.6 Å². The number of amides is 1. The normalized spacial score (nSPS) is 12.9. The molecule has 0 spiro atoms. The molecule has 1 amide bonds. The molecule has 0 saturated heterocycles. The van der Waals surface area contributed by atoms with Crippen molar-refractivity contribution >= 4 is 38.3 Å². The summed E-state index contributed by atoms with van der Waals surface area (Å²) in [5.41, 5.74) is 2.60. The average molecular weight is 435 g/mol. The van der Waals surface area contributed by atoms with Crippen LogP contribution in [0, 0.1) is 11.6 Å². The molecule has 0 saturated carbocycles. The molecule has 1 aliphatic carbocycles. The first-order valence-corrected chi connectivity index (χ1v) is 9.68. The highest BCUT2D eigenvalue weighted by Crippen LogP contribution is 2.41. The van der Waals surface area contributed by atoms with E-state index in [1.54, 1.807) is 0 Å². The van der Waals surface area contributed by atoms with E-state index in [1.807, 2.05) is 18.2 Å². The summed E-state index contributed by atoms with van der Waals surface area (Å²) in [5, 5.41) is 2.88. The van der Waals surface area contributed by atoms with E-state index < -0.39 is 23.1 Å². The molecule has 1 aliphatic rings. The summed E-state index contributed by atoms with van der Waals surface area (Å²) in [5.74, 6) is -2.62. The molecule has 0 radical (unpaired) electrons. The Morgan fingerprint density at radius 2 is 1.85 bits per heavy atom. The molecule has 0 bridgehead atoms. The molecule has 1 N–H and O–H groups in total. The topological polar surface area (TPSA) is 42.0 Å². The van der Waals surface area contributed by atoms with Crippen LogP contribution in [0.15, 0.2) is 40.9 Å². The molecule has 0 atom stereocenters. The van der Waals surface area contributed by atoms with Crippen molar-refractivity contribution in [1.29, 1.82) is 0 Å². The Hall–Kier alpha value is -2.12. The Morgan fingerprint density at radius 3 is 2.62 bits per heavy atom. The number of halogens is 3. The fraction of sp³-hybridized carbons (Fsp3) is 0.158. The van der Waals surface area contributed by atoms with E-state index in [4.69, 9.17) is 0 Å². The molecule has 3 nitrogen and oxygen atoms in total. The van der Waals surface area contributed by atoms with Crippen molar-refractivity contribution in [3.8, 4) is 10.4 Å². The molecule has 0 fully saturated rings. The maximum Gasteiger partial charge on any atom is 0.263 e. The Kier molecular flexibility index (Phi) is 4.58. The lowest BCUT2D eigenvalue weighted by molar-refractivity contribution is 0.101. The quantitative estimate of drug-likeness (QED) is 0.570. The number of aromatic nitrogens is 1. The first-order valence-electron chi connectivity index (χ1n) is 8.07. The highest BCUT2D eigenvalue weighted by Gasteiger charge is 2.23. The van der Waals surface area contributed by atoms with Crippen LogP contribution < -0.4 is 5.32 Å². The Balaban J connectivity index is 1.70. The van der Waals surface area contributed by atoms with Gasteiger partial charge in [0.2, 0.25) is 0 Å². The van der Waals surface area contributed by atoms with E-state index in [9.17, 15) is 13.6 Å². The zero-order valence-electron chi connectivity index (χ0n) is 13.5. The third-order valence-corrected chi connectivity index (χ3v) is 6.10. The number of hydrogen-bond acceptors (Lipinski definition) is 3. The van der Waals surface area contributed by atoms with Gasteiger partial charge in [-0.15, -0.1) is 0 Å². The number of thiazole rings is 1. The van der Waals surface area contributed by atoms with Gasteiger partial charge in [0.25, 0.3) is 5.91 Å². The van der Waals surface area contributed by atoms with Crippen molar-refractivity contribution in [1.82, 2.24) is 4.98 Å². The van der Waals surface area contributed by atoms with E-state index in [0.29, 0.717) is 5.13 Å². The maximum absolute atomic E-state index is 13.8. The van der Waals surface area contributed by atoms with Gasteiger partial charge in [-0.2, -0.15) is 0 Å².